The van der Waals surface area contributed by atoms with Crippen LogP contribution in [-0.4, -0.2) is 114 Å². The molecule has 1 unspecified atom stereocenters. The monoisotopic (exact) mass is 548 g/mol. The lowest BCUT2D eigenvalue weighted by atomic mass is 10.2. The van der Waals surface area contributed by atoms with Crippen LogP contribution >= 0.6 is 0 Å². The number of aliphatic hydroxyl groups is 1. The van der Waals surface area contributed by atoms with E-state index in [1.807, 2.05) is 0 Å². The number of hydrogen-bond acceptors (Lipinski definition) is 7. The minimum Gasteiger partial charge on any atom is -0.378 e. The third-order valence-electron chi connectivity index (χ3n) is 5.66. The van der Waals surface area contributed by atoms with Crippen molar-refractivity contribution < 1.29 is 29.1 Å². The van der Waals surface area contributed by atoms with Crippen LogP contribution in [0.4, 0.5) is 0 Å². The van der Waals surface area contributed by atoms with Crippen LogP contribution in [0.3, 0.4) is 0 Å². The summed E-state index contributed by atoms with van der Waals surface area (Å²) in [6.07, 6.45) is 5.04. The van der Waals surface area contributed by atoms with E-state index in [0.717, 1.165) is 6.08 Å². The number of hydrogen-bond donors (Lipinski definition) is 4. The van der Waals surface area contributed by atoms with E-state index in [0.29, 0.717) is 45.6 Å². The predicted molar refractivity (Wildman–Crippen MR) is 150 cm³/mol. The van der Waals surface area contributed by atoms with Gasteiger partial charge in [0, 0.05) is 72.2 Å². The summed E-state index contributed by atoms with van der Waals surface area (Å²) in [7, 11) is 0. The van der Waals surface area contributed by atoms with Crippen molar-refractivity contribution in [3.63, 3.8) is 0 Å². The minimum absolute atomic E-state index is 0.156. The topological polar surface area (TPSA) is 151 Å². The molecule has 5 amide bonds. The standard InChI is InChI=1S/C27H44N6O6/c1-6-23(35)29-14-11-16-31(19-15-30-24(36)7-2)27(39)12-18-33(26(38)9-4)21-20-32(25(37)8-3)17-10-13-28-22(5)34/h6-9,27,39H,1-4,10-21H2,5H3,(H,28,34)(H,29,35)(H,30,36). The number of nitrogens with one attached hydrogen (secondary N) is 3. The molecule has 0 rings (SSSR count). The smallest absolute Gasteiger partial charge is 0.246 e. The Morgan fingerprint density at radius 3 is 1.67 bits per heavy atom. The van der Waals surface area contributed by atoms with Crippen molar-refractivity contribution in [2.24, 2.45) is 0 Å². The number of carbonyl (C=O) groups is 5. The lowest BCUT2D eigenvalue weighted by Crippen LogP contribution is -2.45. The van der Waals surface area contributed by atoms with Crippen molar-refractivity contribution >= 4 is 29.5 Å². The first-order valence-corrected chi connectivity index (χ1v) is 12.9. The van der Waals surface area contributed by atoms with Gasteiger partial charge in [-0.1, -0.05) is 26.3 Å². The molecule has 0 saturated heterocycles. The molecule has 0 bridgehead atoms. The van der Waals surface area contributed by atoms with Crippen LogP contribution in [0.25, 0.3) is 0 Å². The van der Waals surface area contributed by atoms with Crippen molar-refractivity contribution in [1.82, 2.24) is 30.7 Å². The summed E-state index contributed by atoms with van der Waals surface area (Å²) in [5, 5.41) is 18.9. The summed E-state index contributed by atoms with van der Waals surface area (Å²) in [6, 6.07) is 0. The Labute approximate surface area is 231 Å². The molecule has 0 fully saturated rings. The van der Waals surface area contributed by atoms with Gasteiger partial charge >= 0.3 is 0 Å². The van der Waals surface area contributed by atoms with Crippen molar-refractivity contribution in [3.8, 4) is 0 Å². The van der Waals surface area contributed by atoms with Gasteiger partial charge < -0.3 is 30.9 Å². The number of carbonyl (C=O) groups excluding carboxylic acids is 5. The molecule has 0 spiro atoms. The Kier molecular flexibility index (Phi) is 19.1. The first-order valence-electron chi connectivity index (χ1n) is 12.9. The number of nitrogens with zero attached hydrogens (tertiary/aromatic N) is 3. The van der Waals surface area contributed by atoms with Crippen LogP contribution in [0.1, 0.15) is 26.2 Å². The Bertz CT molecular complexity index is 862. The summed E-state index contributed by atoms with van der Waals surface area (Å²) in [4.78, 5) is 63.5. The van der Waals surface area contributed by atoms with Crippen LogP contribution in [0, 0.1) is 0 Å². The van der Waals surface area contributed by atoms with Gasteiger partial charge in [-0.2, -0.15) is 0 Å². The molecular weight excluding hydrogens is 504 g/mol. The molecule has 0 aromatic rings. The van der Waals surface area contributed by atoms with E-state index in [4.69, 9.17) is 0 Å². The molecule has 0 radical (unpaired) electrons. The van der Waals surface area contributed by atoms with Gasteiger partial charge in [-0.05, 0) is 37.1 Å². The van der Waals surface area contributed by atoms with E-state index >= 15 is 0 Å². The average molecular weight is 549 g/mol. The maximum atomic E-state index is 12.5. The third kappa shape index (κ3) is 16.6. The molecule has 39 heavy (non-hydrogen) atoms. The second kappa shape index (κ2) is 21.2. The Morgan fingerprint density at radius 1 is 0.667 bits per heavy atom. The second-order valence-electron chi connectivity index (χ2n) is 8.54. The second-order valence-corrected chi connectivity index (χ2v) is 8.54. The normalized spacial score (nSPS) is 11.1. The zero-order chi connectivity index (χ0) is 29.6. The molecule has 218 valence electrons. The fraction of sp³-hybridized carbons (Fsp3) is 0.519. The Balaban J connectivity index is 5.14. The van der Waals surface area contributed by atoms with Gasteiger partial charge in [-0.3, -0.25) is 28.9 Å². The van der Waals surface area contributed by atoms with Crippen molar-refractivity contribution in [3.05, 3.63) is 50.6 Å². The summed E-state index contributed by atoms with van der Waals surface area (Å²) < 4.78 is 0. The van der Waals surface area contributed by atoms with Gasteiger partial charge in [0.2, 0.25) is 29.5 Å². The molecule has 0 saturated carbocycles. The molecule has 0 aliphatic heterocycles. The van der Waals surface area contributed by atoms with E-state index < -0.39 is 6.23 Å². The Morgan fingerprint density at radius 2 is 1.15 bits per heavy atom. The lowest BCUT2D eigenvalue weighted by molar-refractivity contribution is -0.130. The summed E-state index contributed by atoms with van der Waals surface area (Å²) >= 11 is 0. The molecule has 0 aliphatic rings. The van der Waals surface area contributed by atoms with Crippen LogP contribution in [0.5, 0.6) is 0 Å². The first-order chi connectivity index (χ1) is 18.6. The molecule has 0 heterocycles. The molecule has 1 atom stereocenters. The highest BCUT2D eigenvalue weighted by atomic mass is 16.3. The SMILES string of the molecule is C=CC(=O)NCCCN(CCNC(=O)C=C)C(O)CCN(CCN(CCCNC(C)=O)C(=O)C=C)C(=O)C=C. The Hall–Kier alpha value is -3.77. The fourth-order valence-electron chi connectivity index (χ4n) is 3.52. The summed E-state index contributed by atoms with van der Waals surface area (Å²) in [5.41, 5.74) is 0. The molecule has 4 N–H and O–H groups in total. The number of amides is 5. The van der Waals surface area contributed by atoms with Gasteiger partial charge in [0.1, 0.15) is 6.23 Å². The predicted octanol–water partition coefficient (Wildman–Crippen LogP) is -0.453. The number of rotatable bonds is 22. The maximum Gasteiger partial charge on any atom is 0.246 e. The summed E-state index contributed by atoms with van der Waals surface area (Å²) in [5.74, 6) is -1.42. The number of aliphatic hydroxyl groups excluding tert-OH is 1. The first kappa shape index (κ1) is 35.2. The summed E-state index contributed by atoms with van der Waals surface area (Å²) in [6.45, 7) is 18.1. The van der Waals surface area contributed by atoms with Crippen LogP contribution < -0.4 is 16.0 Å². The largest absolute Gasteiger partial charge is 0.378 e. The quantitative estimate of drug-likeness (QED) is 0.0812. The highest BCUT2D eigenvalue weighted by Gasteiger charge is 2.20. The van der Waals surface area contributed by atoms with Crippen LogP contribution in [0.2, 0.25) is 0 Å². The van der Waals surface area contributed by atoms with Gasteiger partial charge in [-0.15, -0.1) is 0 Å². The molecule has 0 aromatic carbocycles. The molecule has 0 aromatic heterocycles. The van der Waals surface area contributed by atoms with E-state index in [2.05, 4.69) is 42.3 Å². The molecule has 12 heteroatoms. The van der Waals surface area contributed by atoms with Gasteiger partial charge in [0.25, 0.3) is 0 Å². The highest BCUT2D eigenvalue weighted by molar-refractivity contribution is 5.88. The molecule has 12 nitrogen and oxygen atoms in total. The fourth-order valence-corrected chi connectivity index (χ4v) is 3.52. The van der Waals surface area contributed by atoms with Crippen molar-refractivity contribution in [2.75, 3.05) is 58.9 Å². The van der Waals surface area contributed by atoms with Crippen molar-refractivity contribution in [1.29, 1.82) is 0 Å². The zero-order valence-electron chi connectivity index (χ0n) is 23.0. The highest BCUT2D eigenvalue weighted by Crippen LogP contribution is 2.06. The maximum absolute atomic E-state index is 12.5. The lowest BCUT2D eigenvalue weighted by Gasteiger charge is -2.31. The van der Waals surface area contributed by atoms with Crippen LogP contribution in [0.15, 0.2) is 50.6 Å². The van der Waals surface area contributed by atoms with E-state index in [-0.39, 0.29) is 62.1 Å². The van der Waals surface area contributed by atoms with Gasteiger partial charge in [-0.25, -0.2) is 0 Å². The van der Waals surface area contributed by atoms with Crippen LogP contribution in [-0.2, 0) is 24.0 Å². The minimum atomic E-state index is -0.940. The molecule has 0 aliphatic carbocycles. The van der Waals surface area contributed by atoms with Crippen molar-refractivity contribution in [2.45, 2.75) is 32.4 Å². The average Bonchev–Trinajstić information content (AvgIpc) is 2.93. The van der Waals surface area contributed by atoms with Gasteiger partial charge in [0.05, 0.1) is 0 Å². The third-order valence-corrected chi connectivity index (χ3v) is 5.66. The van der Waals surface area contributed by atoms with E-state index in [9.17, 15) is 29.1 Å². The molecular formula is C27H44N6O6. The van der Waals surface area contributed by atoms with Gasteiger partial charge in [0.15, 0.2) is 0 Å². The van der Waals surface area contributed by atoms with E-state index in [1.54, 1.807) is 9.80 Å². The zero-order valence-corrected chi connectivity index (χ0v) is 23.0. The van der Waals surface area contributed by atoms with E-state index in [1.165, 1.54) is 30.1 Å².